The van der Waals surface area contributed by atoms with Gasteiger partial charge in [0.1, 0.15) is 0 Å². The van der Waals surface area contributed by atoms with Gasteiger partial charge in [0, 0.05) is 5.69 Å². The number of carbonyl (C=O) groups excluding carboxylic acids is 1. The van der Waals surface area contributed by atoms with Gasteiger partial charge in [0.05, 0.1) is 10.5 Å². The molecule has 0 saturated carbocycles. The van der Waals surface area contributed by atoms with E-state index in [0.29, 0.717) is 12.1 Å². The number of hydrogen-bond donors (Lipinski definition) is 3. The number of aromatic carboxylic acids is 1. The summed E-state index contributed by atoms with van der Waals surface area (Å²) in [5.41, 5.74) is -1.28. The van der Waals surface area contributed by atoms with Crippen LogP contribution in [0.3, 0.4) is 0 Å². The Morgan fingerprint density at radius 2 is 1.80 bits per heavy atom. The number of carboxylic acids is 1. The largest absolute Gasteiger partial charge is 0.478 e. The fourth-order valence-electron chi connectivity index (χ4n) is 1.21. The molecule has 1 aromatic carbocycles. The van der Waals surface area contributed by atoms with E-state index in [1.807, 2.05) is 0 Å². The van der Waals surface area contributed by atoms with Crippen molar-refractivity contribution in [2.45, 2.75) is 11.1 Å². The van der Waals surface area contributed by atoms with Gasteiger partial charge in [-0.15, -0.1) is 0 Å². The second-order valence-electron chi connectivity index (χ2n) is 3.51. The first kappa shape index (κ1) is 15.9. The van der Waals surface area contributed by atoms with Gasteiger partial charge < -0.3 is 10.4 Å². The number of anilines is 1. The van der Waals surface area contributed by atoms with Crippen molar-refractivity contribution in [3.05, 3.63) is 23.8 Å². The number of rotatable bonds is 3. The molecule has 0 aliphatic carbocycles. The maximum atomic E-state index is 12.0. The van der Waals surface area contributed by atoms with Crippen LogP contribution in [-0.4, -0.2) is 31.6 Å². The minimum absolute atomic E-state index is 0.530. The van der Waals surface area contributed by atoms with Crippen molar-refractivity contribution in [3.8, 4) is 0 Å². The SMILES string of the molecule is NS(=O)(=O)c1cc(NC(=O)C(F)(F)F)ccc1C(=O)O. The van der Waals surface area contributed by atoms with Gasteiger partial charge in [-0.25, -0.2) is 18.4 Å². The molecule has 1 amide bonds. The van der Waals surface area contributed by atoms with E-state index in [1.165, 1.54) is 5.32 Å². The van der Waals surface area contributed by atoms with Gasteiger partial charge in [0.15, 0.2) is 0 Å². The number of alkyl halides is 3. The van der Waals surface area contributed by atoms with E-state index in [-0.39, 0.29) is 0 Å². The second kappa shape index (κ2) is 5.09. The van der Waals surface area contributed by atoms with Crippen LogP contribution in [0.1, 0.15) is 10.4 Å². The Hall–Kier alpha value is -2.14. The lowest BCUT2D eigenvalue weighted by molar-refractivity contribution is -0.167. The highest BCUT2D eigenvalue weighted by atomic mass is 32.2. The third-order valence-electron chi connectivity index (χ3n) is 2.03. The van der Waals surface area contributed by atoms with Crippen molar-refractivity contribution in [2.24, 2.45) is 5.14 Å². The summed E-state index contributed by atoms with van der Waals surface area (Å²) in [6, 6.07) is 2.05. The number of benzene rings is 1. The molecule has 0 fully saturated rings. The number of hydrogen-bond acceptors (Lipinski definition) is 4. The molecule has 20 heavy (non-hydrogen) atoms. The van der Waals surface area contributed by atoms with Gasteiger partial charge in [0.25, 0.3) is 0 Å². The molecule has 11 heteroatoms. The average molecular weight is 312 g/mol. The quantitative estimate of drug-likeness (QED) is 0.750. The number of sulfonamides is 1. The lowest BCUT2D eigenvalue weighted by Crippen LogP contribution is -2.30. The summed E-state index contributed by atoms with van der Waals surface area (Å²) in [7, 11) is -4.49. The Balaban J connectivity index is 3.28. The molecule has 0 aliphatic heterocycles. The third kappa shape index (κ3) is 3.68. The van der Waals surface area contributed by atoms with Gasteiger partial charge in [-0.05, 0) is 18.2 Å². The summed E-state index contributed by atoms with van der Waals surface area (Å²) in [4.78, 5) is 20.5. The van der Waals surface area contributed by atoms with Crippen LogP contribution in [0.25, 0.3) is 0 Å². The van der Waals surface area contributed by atoms with Crippen LogP contribution in [0.15, 0.2) is 23.1 Å². The zero-order chi connectivity index (χ0) is 15.7. The molecule has 0 heterocycles. The number of amides is 1. The van der Waals surface area contributed by atoms with Crippen LogP contribution in [0.4, 0.5) is 18.9 Å². The monoisotopic (exact) mass is 312 g/mol. The topological polar surface area (TPSA) is 127 Å². The molecule has 0 bridgehead atoms. The lowest BCUT2D eigenvalue weighted by Gasteiger charge is -2.10. The number of primary sulfonamides is 1. The number of carboxylic acid groups (broad SMARTS) is 1. The number of carbonyl (C=O) groups is 2. The highest BCUT2D eigenvalue weighted by Gasteiger charge is 2.38. The maximum Gasteiger partial charge on any atom is 0.471 e. The molecule has 7 nitrogen and oxygen atoms in total. The zero-order valence-electron chi connectivity index (χ0n) is 9.43. The van der Waals surface area contributed by atoms with E-state index in [4.69, 9.17) is 10.2 Å². The highest BCUT2D eigenvalue weighted by molar-refractivity contribution is 7.89. The van der Waals surface area contributed by atoms with Crippen LogP contribution in [0, 0.1) is 0 Å². The molecule has 0 spiro atoms. The van der Waals surface area contributed by atoms with E-state index >= 15 is 0 Å². The number of halogens is 3. The molecule has 1 rings (SSSR count). The third-order valence-corrected chi connectivity index (χ3v) is 2.98. The van der Waals surface area contributed by atoms with Gasteiger partial charge in [-0.3, -0.25) is 4.79 Å². The molecule has 0 atom stereocenters. The van der Waals surface area contributed by atoms with E-state index in [2.05, 4.69) is 0 Å². The molecule has 1 aromatic rings. The molecule has 4 N–H and O–H groups in total. The normalized spacial score (nSPS) is 12.0. The Bertz CT molecular complexity index is 669. The number of nitrogens with one attached hydrogen (secondary N) is 1. The van der Waals surface area contributed by atoms with Crippen molar-refractivity contribution in [3.63, 3.8) is 0 Å². The molecule has 0 aliphatic rings. The molecule has 0 unspecified atom stereocenters. The molecular weight excluding hydrogens is 305 g/mol. The van der Waals surface area contributed by atoms with Crippen molar-refractivity contribution >= 4 is 27.6 Å². The summed E-state index contributed by atoms with van der Waals surface area (Å²) < 4.78 is 58.4. The predicted octanol–water partition coefficient (Wildman–Crippen LogP) is 0.533. The van der Waals surface area contributed by atoms with Crippen molar-refractivity contribution < 1.29 is 36.3 Å². The number of nitrogens with two attached hydrogens (primary N) is 1. The minimum Gasteiger partial charge on any atom is -0.478 e. The fraction of sp³-hybridized carbons (Fsp3) is 0.111. The van der Waals surface area contributed by atoms with Crippen LogP contribution in [0.2, 0.25) is 0 Å². The molecular formula is C9H7F3N2O5S. The summed E-state index contributed by atoms with van der Waals surface area (Å²) >= 11 is 0. The smallest absolute Gasteiger partial charge is 0.471 e. The maximum absolute atomic E-state index is 12.0. The van der Waals surface area contributed by atoms with Crippen LogP contribution >= 0.6 is 0 Å². The Labute approximate surface area is 110 Å². The van der Waals surface area contributed by atoms with Gasteiger partial charge >= 0.3 is 18.1 Å². The molecule has 0 saturated heterocycles. The Morgan fingerprint density at radius 3 is 2.20 bits per heavy atom. The van der Waals surface area contributed by atoms with Gasteiger partial charge in [-0.1, -0.05) is 0 Å². The van der Waals surface area contributed by atoms with E-state index in [9.17, 15) is 31.2 Å². The Morgan fingerprint density at radius 1 is 1.25 bits per heavy atom. The first-order chi connectivity index (χ1) is 8.93. The highest BCUT2D eigenvalue weighted by Crippen LogP contribution is 2.22. The molecule has 0 aromatic heterocycles. The van der Waals surface area contributed by atoms with Crippen molar-refractivity contribution in [2.75, 3.05) is 5.32 Å². The van der Waals surface area contributed by atoms with Crippen molar-refractivity contribution in [1.29, 1.82) is 0 Å². The zero-order valence-corrected chi connectivity index (χ0v) is 10.2. The molecule has 0 radical (unpaired) electrons. The summed E-state index contributed by atoms with van der Waals surface area (Å²) in [5, 5.41) is 14.9. The van der Waals surface area contributed by atoms with Crippen LogP contribution < -0.4 is 10.5 Å². The summed E-state index contributed by atoms with van der Waals surface area (Å²) in [6.45, 7) is 0. The Kier molecular flexibility index (Phi) is 4.05. The van der Waals surface area contributed by atoms with Crippen LogP contribution in [0.5, 0.6) is 0 Å². The van der Waals surface area contributed by atoms with Gasteiger partial charge in [-0.2, -0.15) is 13.2 Å². The van der Waals surface area contributed by atoms with E-state index < -0.39 is 44.2 Å². The van der Waals surface area contributed by atoms with Gasteiger partial charge in [0.2, 0.25) is 10.0 Å². The predicted molar refractivity (Wildman–Crippen MR) is 59.5 cm³/mol. The standard InChI is InChI=1S/C9H7F3N2O5S/c10-9(11,12)8(17)14-4-1-2-5(7(15)16)6(3-4)20(13,18)19/h1-3H,(H,14,17)(H,15,16)(H2,13,18,19). The first-order valence-corrected chi connectivity index (χ1v) is 6.26. The summed E-state index contributed by atoms with van der Waals surface area (Å²) in [6.07, 6.45) is -5.17. The van der Waals surface area contributed by atoms with Crippen LogP contribution in [-0.2, 0) is 14.8 Å². The molecule has 110 valence electrons. The second-order valence-corrected chi connectivity index (χ2v) is 5.04. The van der Waals surface area contributed by atoms with E-state index in [1.54, 1.807) is 0 Å². The van der Waals surface area contributed by atoms with E-state index in [0.717, 1.165) is 6.07 Å². The lowest BCUT2D eigenvalue weighted by atomic mass is 10.2. The average Bonchev–Trinajstić information content (AvgIpc) is 2.26. The van der Waals surface area contributed by atoms with Crippen molar-refractivity contribution in [1.82, 2.24) is 0 Å². The summed E-state index contributed by atoms with van der Waals surface area (Å²) in [5.74, 6) is -3.97. The fourth-order valence-corrected chi connectivity index (χ4v) is 1.97. The first-order valence-electron chi connectivity index (χ1n) is 4.71. The minimum atomic E-state index is -5.17.